The van der Waals surface area contributed by atoms with Crippen molar-refractivity contribution in [3.63, 3.8) is 0 Å². The number of aliphatic hydroxyl groups excluding tert-OH is 2. The Balaban J connectivity index is 1.30. The molecule has 3 unspecified atom stereocenters. The summed E-state index contributed by atoms with van der Waals surface area (Å²) in [6, 6.07) is 0. The van der Waals surface area contributed by atoms with E-state index in [2.05, 4.69) is 0 Å². The number of aliphatic hydroxyl groups is 3. The topological polar surface area (TPSA) is 126 Å². The highest BCUT2D eigenvalue weighted by molar-refractivity contribution is 5.91. The van der Waals surface area contributed by atoms with Gasteiger partial charge in [0.05, 0.1) is 12.2 Å². The van der Waals surface area contributed by atoms with Gasteiger partial charge in [0.15, 0.2) is 23.5 Å². The Morgan fingerprint density at radius 1 is 1.14 bits per heavy atom. The van der Waals surface area contributed by atoms with E-state index >= 15 is 4.39 Å². The van der Waals surface area contributed by atoms with E-state index < -0.39 is 76.5 Å². The monoisotopic (exact) mass is 496 g/mol. The second kappa shape index (κ2) is 7.54. The molecule has 4 aliphatic carbocycles. The molecule has 6 aliphatic rings. The van der Waals surface area contributed by atoms with Crippen LogP contribution in [0.2, 0.25) is 0 Å². The lowest BCUT2D eigenvalue weighted by Crippen LogP contribution is -2.73. The molecule has 2 heterocycles. The van der Waals surface area contributed by atoms with Crippen LogP contribution in [0.3, 0.4) is 0 Å². The van der Waals surface area contributed by atoms with Gasteiger partial charge in [-0.05, 0) is 63.2 Å². The van der Waals surface area contributed by atoms with E-state index in [1.165, 1.54) is 0 Å². The van der Waals surface area contributed by atoms with Crippen LogP contribution in [0.1, 0.15) is 71.6 Å². The van der Waals surface area contributed by atoms with E-state index in [4.69, 9.17) is 14.2 Å². The summed E-state index contributed by atoms with van der Waals surface area (Å²) in [7, 11) is 0. The lowest BCUT2D eigenvalue weighted by atomic mass is 9.41. The number of ether oxygens (including phenoxy) is 3. The van der Waals surface area contributed by atoms with Gasteiger partial charge in [-0.2, -0.15) is 0 Å². The predicted molar refractivity (Wildman–Crippen MR) is 119 cm³/mol. The lowest BCUT2D eigenvalue weighted by molar-refractivity contribution is -0.257. The molecule has 1 spiro atoms. The fourth-order valence-electron chi connectivity index (χ4n) is 9.14. The molecule has 2 aliphatic heterocycles. The summed E-state index contributed by atoms with van der Waals surface area (Å²) in [4.78, 5) is 25.7. The molecule has 35 heavy (non-hydrogen) atoms. The minimum atomic E-state index is -2.16. The van der Waals surface area contributed by atoms with Crippen LogP contribution in [-0.2, 0) is 23.8 Å². The Bertz CT molecular complexity index is 938. The van der Waals surface area contributed by atoms with E-state index in [-0.39, 0.29) is 31.5 Å². The average molecular weight is 497 g/mol. The number of carbonyl (C=O) groups is 2. The summed E-state index contributed by atoms with van der Waals surface area (Å²) < 4.78 is 34.4. The van der Waals surface area contributed by atoms with Crippen LogP contribution < -0.4 is 0 Å². The number of alkyl halides is 1. The molecule has 0 aromatic carbocycles. The van der Waals surface area contributed by atoms with Crippen molar-refractivity contribution in [1.29, 1.82) is 0 Å². The van der Waals surface area contributed by atoms with Gasteiger partial charge in [0.25, 0.3) is 0 Å². The van der Waals surface area contributed by atoms with Gasteiger partial charge < -0.3 is 29.5 Å². The highest BCUT2D eigenvalue weighted by Gasteiger charge is 2.85. The van der Waals surface area contributed by atoms with Gasteiger partial charge in [0, 0.05) is 23.9 Å². The molecule has 3 N–H and O–H groups in total. The average Bonchev–Trinajstić information content (AvgIpc) is 3.55. The first-order valence-corrected chi connectivity index (χ1v) is 13.2. The predicted octanol–water partition coefficient (Wildman–Crippen LogP) is 1.61. The summed E-state index contributed by atoms with van der Waals surface area (Å²) in [5.74, 6) is -1.85. The molecule has 0 radical (unpaired) electrons. The number of carbonyl (C=O) groups excluding carboxylic acids is 2. The van der Waals surface area contributed by atoms with Crippen LogP contribution in [0.4, 0.5) is 4.39 Å². The molecule has 2 saturated heterocycles. The molecule has 0 aromatic rings. The number of fused-ring (bicyclic) bond motifs is 4. The van der Waals surface area contributed by atoms with Crippen LogP contribution in [0.15, 0.2) is 0 Å². The number of hydrogen-bond acceptors (Lipinski definition) is 8. The molecule has 11 atom stereocenters. The number of epoxide rings is 1. The third-order valence-corrected chi connectivity index (χ3v) is 11.2. The van der Waals surface area contributed by atoms with Crippen LogP contribution in [-0.4, -0.2) is 81.6 Å². The van der Waals surface area contributed by atoms with Crippen molar-refractivity contribution >= 4 is 11.6 Å². The first-order chi connectivity index (χ1) is 16.5. The molecular weight excluding hydrogens is 459 g/mol. The SMILES string of the molecule is C[C@]12C[C@H](O)C3(F)[C@@H](CC[C@]45OC4C(=O)CC[C@]35C)[C@@H]1C[C@@H](O)[C@]2(O)C(=O)COC1CCCCO1. The van der Waals surface area contributed by atoms with Crippen molar-refractivity contribution in [2.45, 2.75) is 113 Å². The van der Waals surface area contributed by atoms with Gasteiger partial charge in [-0.1, -0.05) is 13.8 Å². The normalized spacial score (nSPS) is 57.0. The number of hydrogen-bond donors (Lipinski definition) is 3. The maximum Gasteiger partial charge on any atom is 0.193 e. The molecule has 6 fully saturated rings. The van der Waals surface area contributed by atoms with Crippen LogP contribution in [0.5, 0.6) is 0 Å². The van der Waals surface area contributed by atoms with E-state index in [9.17, 15) is 24.9 Å². The van der Waals surface area contributed by atoms with Crippen LogP contribution >= 0.6 is 0 Å². The summed E-state index contributed by atoms with van der Waals surface area (Å²) in [6.45, 7) is 3.62. The zero-order valence-electron chi connectivity index (χ0n) is 20.5. The van der Waals surface area contributed by atoms with Gasteiger partial charge >= 0.3 is 0 Å². The molecule has 6 rings (SSSR count). The molecule has 0 aromatic heterocycles. The van der Waals surface area contributed by atoms with E-state index in [0.717, 1.165) is 12.8 Å². The van der Waals surface area contributed by atoms with Crippen molar-refractivity contribution in [2.75, 3.05) is 13.2 Å². The number of ketones is 2. The molecular formula is C26H37FO8. The molecule has 0 amide bonds. The second-order valence-corrected chi connectivity index (χ2v) is 12.4. The molecule has 8 nitrogen and oxygen atoms in total. The molecule has 0 bridgehead atoms. The zero-order chi connectivity index (χ0) is 25.0. The smallest absolute Gasteiger partial charge is 0.193 e. The van der Waals surface area contributed by atoms with Crippen molar-refractivity contribution in [3.8, 4) is 0 Å². The minimum Gasteiger partial charge on any atom is -0.390 e. The number of Topliss-reactive ketones (excluding diaryl/α,β-unsaturated/α-hetero) is 2. The summed E-state index contributed by atoms with van der Waals surface area (Å²) in [6.07, 6.45) is -0.248. The maximum atomic E-state index is 17.4. The fraction of sp³-hybridized carbons (Fsp3) is 0.923. The quantitative estimate of drug-likeness (QED) is 0.501. The third kappa shape index (κ3) is 2.78. The number of halogens is 1. The maximum absolute atomic E-state index is 17.4. The van der Waals surface area contributed by atoms with Crippen molar-refractivity contribution in [3.05, 3.63) is 0 Å². The Labute approximate surface area is 204 Å². The summed E-state index contributed by atoms with van der Waals surface area (Å²) in [5.41, 5.74) is -7.38. The fourth-order valence-corrected chi connectivity index (χ4v) is 9.14. The van der Waals surface area contributed by atoms with Crippen LogP contribution in [0.25, 0.3) is 0 Å². The first kappa shape index (κ1) is 24.4. The summed E-state index contributed by atoms with van der Waals surface area (Å²) in [5, 5.41) is 34.3. The minimum absolute atomic E-state index is 0.00197. The van der Waals surface area contributed by atoms with Crippen molar-refractivity contribution < 1.29 is 43.5 Å². The lowest BCUT2D eigenvalue weighted by Gasteiger charge is -2.64. The third-order valence-electron chi connectivity index (χ3n) is 11.2. The Morgan fingerprint density at radius 2 is 1.91 bits per heavy atom. The van der Waals surface area contributed by atoms with Gasteiger partial charge in [-0.15, -0.1) is 0 Å². The van der Waals surface area contributed by atoms with E-state index in [0.29, 0.717) is 25.9 Å². The van der Waals surface area contributed by atoms with E-state index in [1.54, 1.807) is 13.8 Å². The van der Waals surface area contributed by atoms with Gasteiger partial charge in [-0.25, -0.2) is 4.39 Å². The van der Waals surface area contributed by atoms with E-state index in [1.807, 2.05) is 0 Å². The molecule has 4 saturated carbocycles. The van der Waals surface area contributed by atoms with Gasteiger partial charge in [0.2, 0.25) is 0 Å². The second-order valence-electron chi connectivity index (χ2n) is 12.4. The van der Waals surface area contributed by atoms with Crippen molar-refractivity contribution in [2.24, 2.45) is 22.7 Å². The standard InChI is InChI=1S/C26H37FO8/c1-22-12-18(30)25(27)14(6-9-24-21(35-24)16(28)7-8-23(24,25)2)15(22)11-17(29)26(22,32)19(31)13-34-20-5-3-4-10-33-20/h14-15,17-18,20-21,29-30,32H,3-13H2,1-2H3/t14-,15-,17+,18-,20?,21?,22-,23-,24-,25?,26-/m0/s1. The Morgan fingerprint density at radius 3 is 2.63 bits per heavy atom. The molecule has 9 heteroatoms. The highest BCUT2D eigenvalue weighted by Crippen LogP contribution is 2.75. The number of rotatable bonds is 4. The van der Waals surface area contributed by atoms with Gasteiger partial charge in [-0.3, -0.25) is 9.59 Å². The Hall–Kier alpha value is -0.970. The molecule has 196 valence electrons. The largest absolute Gasteiger partial charge is 0.390 e. The zero-order valence-corrected chi connectivity index (χ0v) is 20.5. The Kier molecular flexibility index (Phi) is 5.25. The first-order valence-electron chi connectivity index (χ1n) is 13.2. The van der Waals surface area contributed by atoms with Gasteiger partial charge in [0.1, 0.15) is 24.0 Å². The highest BCUT2D eigenvalue weighted by atomic mass is 19.1. The summed E-state index contributed by atoms with van der Waals surface area (Å²) >= 11 is 0. The van der Waals surface area contributed by atoms with Crippen molar-refractivity contribution in [1.82, 2.24) is 0 Å². The van der Waals surface area contributed by atoms with Crippen LogP contribution in [0, 0.1) is 22.7 Å².